The first-order valence-electron chi connectivity index (χ1n) is 2.73. The number of hydrogen-bond acceptors (Lipinski definition) is 0. The second-order valence-electron chi connectivity index (χ2n) is 1.24. The number of allylic oxidation sites excluding steroid dienone is 3. The van der Waals surface area contributed by atoms with E-state index in [1.807, 2.05) is 0 Å². The fourth-order valence-electron chi connectivity index (χ4n) is 0.0772. The fraction of sp³-hybridized carbons (Fsp3) is 0.250. The zero-order valence-electron chi connectivity index (χ0n) is 5.65. The minimum absolute atomic E-state index is 0.698. The molecule has 0 unspecified atom stereocenters. The van der Waals surface area contributed by atoms with Gasteiger partial charge in [0, 0.05) is 5.88 Å². The predicted molar refractivity (Wildman–Crippen MR) is 45.9 cm³/mol. The molecule has 0 aromatic carbocycles. The van der Waals surface area contributed by atoms with Gasteiger partial charge in [0.05, 0.1) is 0 Å². The minimum atomic E-state index is 0.698. The third-order valence-electron chi connectivity index (χ3n) is 0.480. The molecule has 0 fully saturated rings. The molecule has 0 rings (SSSR count). The molecule has 0 amide bonds. The molecule has 0 aliphatic carbocycles. The summed E-state index contributed by atoms with van der Waals surface area (Å²) in [5, 5.41) is 0. The highest BCUT2D eigenvalue weighted by atomic mass is 35.5. The van der Waals surface area contributed by atoms with Gasteiger partial charge in [0.25, 0.3) is 0 Å². The van der Waals surface area contributed by atoms with Gasteiger partial charge in [-0.1, -0.05) is 31.4 Å². The van der Waals surface area contributed by atoms with Crippen LogP contribution in [0, 0.1) is 0 Å². The van der Waals surface area contributed by atoms with Crippen LogP contribution in [0.4, 0.5) is 0 Å². The lowest BCUT2D eigenvalue weighted by molar-refractivity contribution is 1.24. The molecule has 9 heavy (non-hydrogen) atoms. The molecule has 0 aromatic heterocycles. The van der Waals surface area contributed by atoms with Crippen molar-refractivity contribution in [2.24, 2.45) is 0 Å². The van der Waals surface area contributed by atoms with Crippen LogP contribution in [-0.4, -0.2) is 5.88 Å². The van der Waals surface area contributed by atoms with Crippen molar-refractivity contribution in [2.75, 3.05) is 5.88 Å². The first kappa shape index (κ1) is 11.3. The first-order chi connectivity index (χ1) is 4.33. The van der Waals surface area contributed by atoms with Gasteiger partial charge >= 0.3 is 0 Å². The van der Waals surface area contributed by atoms with Gasteiger partial charge < -0.3 is 0 Å². The summed E-state index contributed by atoms with van der Waals surface area (Å²) in [5.74, 6) is 0.698. The third-order valence-corrected chi connectivity index (χ3v) is 0.698. The van der Waals surface area contributed by atoms with Gasteiger partial charge in [-0.15, -0.1) is 18.2 Å². The van der Waals surface area contributed by atoms with Crippen molar-refractivity contribution in [3.8, 4) is 0 Å². The summed E-state index contributed by atoms with van der Waals surface area (Å²) in [7, 11) is 0. The number of halogens is 1. The van der Waals surface area contributed by atoms with Gasteiger partial charge in [0.1, 0.15) is 0 Å². The lowest BCUT2D eigenvalue weighted by Gasteiger charge is -1.70. The predicted octanol–water partition coefficient (Wildman–Crippen LogP) is 3.16. The Kier molecular flexibility index (Phi) is 19.7. The molecule has 0 bridgehead atoms. The maximum atomic E-state index is 5.23. The molecular weight excluding hydrogens is 132 g/mol. The van der Waals surface area contributed by atoms with Gasteiger partial charge in [-0.25, -0.2) is 0 Å². The Bertz CT molecular complexity index is 68.6. The van der Waals surface area contributed by atoms with Crippen LogP contribution in [0.1, 0.15) is 6.42 Å². The lowest BCUT2D eigenvalue weighted by Crippen LogP contribution is -1.59. The Morgan fingerprint density at radius 2 is 1.56 bits per heavy atom. The average Bonchev–Trinajstić information content (AvgIpc) is 1.91. The Labute approximate surface area is 62.5 Å². The number of hydrogen-bond donors (Lipinski definition) is 0. The van der Waals surface area contributed by atoms with Gasteiger partial charge in [-0.05, 0) is 6.42 Å². The largest absolute Gasteiger partial charge is 0.126 e. The van der Waals surface area contributed by atoms with Crippen molar-refractivity contribution in [1.29, 1.82) is 0 Å². The molecule has 0 radical (unpaired) electrons. The van der Waals surface area contributed by atoms with Crippen molar-refractivity contribution in [3.05, 3.63) is 38.0 Å². The average molecular weight is 145 g/mol. The molecule has 0 aliphatic heterocycles. The summed E-state index contributed by atoms with van der Waals surface area (Å²) in [6.07, 6.45) is 5.99. The second-order valence-corrected chi connectivity index (χ2v) is 1.62. The molecule has 0 aliphatic rings. The summed E-state index contributed by atoms with van der Waals surface area (Å²) in [6, 6.07) is 0. The first-order valence-corrected chi connectivity index (χ1v) is 3.27. The summed E-state index contributed by atoms with van der Waals surface area (Å²) in [4.78, 5) is 0. The van der Waals surface area contributed by atoms with Gasteiger partial charge in [0.2, 0.25) is 0 Å². The Morgan fingerprint density at radius 1 is 1.11 bits per heavy atom. The van der Waals surface area contributed by atoms with E-state index in [1.54, 1.807) is 18.2 Å². The van der Waals surface area contributed by atoms with Crippen LogP contribution in [0.2, 0.25) is 0 Å². The van der Waals surface area contributed by atoms with Crippen molar-refractivity contribution in [2.45, 2.75) is 6.42 Å². The summed E-state index contributed by atoms with van der Waals surface area (Å²) < 4.78 is 0. The zero-order chi connectivity index (χ0) is 7.54. The molecular formula is C8H13Cl. The highest BCUT2D eigenvalue weighted by molar-refractivity contribution is 6.17. The van der Waals surface area contributed by atoms with Gasteiger partial charge in [-0.3, -0.25) is 0 Å². The van der Waals surface area contributed by atoms with E-state index in [9.17, 15) is 0 Å². The number of alkyl halides is 1. The minimum Gasteiger partial charge on any atom is -0.126 e. The van der Waals surface area contributed by atoms with Crippen molar-refractivity contribution < 1.29 is 0 Å². The highest BCUT2D eigenvalue weighted by Crippen LogP contribution is 1.80. The summed E-state index contributed by atoms with van der Waals surface area (Å²) in [6.45, 7) is 10.2. The van der Waals surface area contributed by atoms with Crippen LogP contribution >= 0.6 is 11.6 Å². The quantitative estimate of drug-likeness (QED) is 0.324. The fourth-order valence-corrected chi connectivity index (χ4v) is 0.231. The highest BCUT2D eigenvalue weighted by Gasteiger charge is 1.64. The molecule has 1 heteroatoms. The van der Waals surface area contributed by atoms with E-state index in [2.05, 4.69) is 19.7 Å². The van der Waals surface area contributed by atoms with E-state index in [0.29, 0.717) is 5.88 Å². The maximum absolute atomic E-state index is 5.23. The molecule has 0 nitrogen and oxygen atoms in total. The van der Waals surface area contributed by atoms with Gasteiger partial charge in [-0.2, -0.15) is 0 Å². The normalized spacial score (nSPS) is 6.33. The van der Waals surface area contributed by atoms with Crippen LogP contribution in [0.15, 0.2) is 38.0 Å². The lowest BCUT2D eigenvalue weighted by atomic mass is 10.5. The SMILES string of the molecule is C=CC=C.C=CCCCl. The van der Waals surface area contributed by atoms with Crippen molar-refractivity contribution in [1.82, 2.24) is 0 Å². The van der Waals surface area contributed by atoms with E-state index in [0.717, 1.165) is 6.42 Å². The van der Waals surface area contributed by atoms with Crippen LogP contribution in [0.25, 0.3) is 0 Å². The van der Waals surface area contributed by atoms with E-state index in [-0.39, 0.29) is 0 Å². The zero-order valence-corrected chi connectivity index (χ0v) is 6.40. The van der Waals surface area contributed by atoms with E-state index < -0.39 is 0 Å². The molecule has 0 N–H and O–H groups in total. The third kappa shape index (κ3) is 36.2. The number of rotatable bonds is 3. The molecule has 0 aromatic rings. The van der Waals surface area contributed by atoms with E-state index in [1.165, 1.54) is 0 Å². The monoisotopic (exact) mass is 144 g/mol. The standard InChI is InChI=1S/C4H7Cl.C4H6/c1-2-3-4-5;1-3-4-2/h2H,1,3-4H2;3-4H,1-2H2. The molecule has 0 saturated carbocycles. The second kappa shape index (κ2) is 15.6. The van der Waals surface area contributed by atoms with E-state index in [4.69, 9.17) is 11.6 Å². The Hall–Kier alpha value is -0.490. The topological polar surface area (TPSA) is 0 Å². The van der Waals surface area contributed by atoms with Crippen LogP contribution in [0.5, 0.6) is 0 Å². The molecule has 0 saturated heterocycles. The van der Waals surface area contributed by atoms with E-state index >= 15 is 0 Å². The molecule has 0 atom stereocenters. The van der Waals surface area contributed by atoms with Crippen LogP contribution in [-0.2, 0) is 0 Å². The maximum Gasteiger partial charge on any atom is 0.0257 e. The summed E-state index contributed by atoms with van der Waals surface area (Å²) in [5.41, 5.74) is 0. The van der Waals surface area contributed by atoms with Crippen LogP contribution < -0.4 is 0 Å². The van der Waals surface area contributed by atoms with Crippen molar-refractivity contribution >= 4 is 11.6 Å². The van der Waals surface area contributed by atoms with Gasteiger partial charge in [0.15, 0.2) is 0 Å². The smallest absolute Gasteiger partial charge is 0.0257 e. The van der Waals surface area contributed by atoms with Crippen molar-refractivity contribution in [3.63, 3.8) is 0 Å². The molecule has 52 valence electrons. The Balaban J connectivity index is 0. The molecule has 0 spiro atoms. The summed E-state index contributed by atoms with van der Waals surface area (Å²) >= 11 is 5.23. The Morgan fingerprint density at radius 3 is 1.56 bits per heavy atom. The molecule has 0 heterocycles. The van der Waals surface area contributed by atoms with Crippen LogP contribution in [0.3, 0.4) is 0 Å².